The maximum absolute atomic E-state index is 13.8. The number of carbonyl (C=O) groups excluding carboxylic acids is 2. The molecule has 2 amide bonds. The quantitative estimate of drug-likeness (QED) is 0.741. The molecule has 3 aromatic rings. The summed E-state index contributed by atoms with van der Waals surface area (Å²) in [5.74, 6) is -0.773. The largest absolute Gasteiger partial charge is 0.350 e. The van der Waals surface area contributed by atoms with Crippen molar-refractivity contribution in [3.63, 3.8) is 0 Å². The number of para-hydroxylation sites is 2. The number of fused-ring (bicyclic) bond motifs is 1. The van der Waals surface area contributed by atoms with Crippen LogP contribution < -0.4 is 5.32 Å². The van der Waals surface area contributed by atoms with Gasteiger partial charge in [0.1, 0.15) is 11.5 Å². The Labute approximate surface area is 167 Å². The summed E-state index contributed by atoms with van der Waals surface area (Å²) in [6.45, 7) is 1.60. The SMILES string of the molecule is O=C(NCC1CCN(C(=O)c2ccccc2F)CC1)c1cnc2ccccc2n1. The maximum atomic E-state index is 13.8. The summed E-state index contributed by atoms with van der Waals surface area (Å²) in [6.07, 6.45) is 2.99. The fraction of sp³-hybridized carbons (Fsp3) is 0.273. The van der Waals surface area contributed by atoms with Gasteiger partial charge < -0.3 is 10.2 Å². The van der Waals surface area contributed by atoms with Crippen molar-refractivity contribution in [1.29, 1.82) is 0 Å². The normalized spacial score (nSPS) is 14.7. The lowest BCUT2D eigenvalue weighted by Crippen LogP contribution is -2.41. The molecule has 1 saturated heterocycles. The summed E-state index contributed by atoms with van der Waals surface area (Å²) in [6, 6.07) is 13.4. The number of aromatic nitrogens is 2. The smallest absolute Gasteiger partial charge is 0.271 e. The molecule has 6 nitrogen and oxygen atoms in total. The highest BCUT2D eigenvalue weighted by Crippen LogP contribution is 2.20. The number of likely N-dealkylation sites (tertiary alicyclic amines) is 1. The Morgan fingerprint density at radius 3 is 2.48 bits per heavy atom. The van der Waals surface area contributed by atoms with Crippen LogP contribution in [0, 0.1) is 11.7 Å². The second-order valence-electron chi connectivity index (χ2n) is 7.17. The van der Waals surface area contributed by atoms with Crippen molar-refractivity contribution in [3.8, 4) is 0 Å². The van der Waals surface area contributed by atoms with Crippen molar-refractivity contribution in [1.82, 2.24) is 20.2 Å². The first kappa shape index (κ1) is 19.0. The molecule has 0 bridgehead atoms. The molecule has 29 heavy (non-hydrogen) atoms. The number of amides is 2. The van der Waals surface area contributed by atoms with Crippen molar-refractivity contribution in [3.05, 3.63) is 71.8 Å². The van der Waals surface area contributed by atoms with Crippen molar-refractivity contribution >= 4 is 22.8 Å². The lowest BCUT2D eigenvalue weighted by Gasteiger charge is -2.32. The van der Waals surface area contributed by atoms with E-state index in [1.807, 2.05) is 24.3 Å². The molecule has 0 atom stereocenters. The van der Waals surface area contributed by atoms with Crippen LogP contribution in [0.4, 0.5) is 4.39 Å². The summed E-state index contributed by atoms with van der Waals surface area (Å²) < 4.78 is 13.8. The Bertz CT molecular complexity index is 1050. The van der Waals surface area contributed by atoms with E-state index in [4.69, 9.17) is 0 Å². The van der Waals surface area contributed by atoms with Crippen LogP contribution in [0.5, 0.6) is 0 Å². The highest BCUT2D eigenvalue weighted by atomic mass is 19.1. The monoisotopic (exact) mass is 392 g/mol. The molecule has 148 valence electrons. The third-order valence-electron chi connectivity index (χ3n) is 5.24. The zero-order chi connectivity index (χ0) is 20.2. The van der Waals surface area contributed by atoms with Gasteiger partial charge in [0.25, 0.3) is 11.8 Å². The number of nitrogens with one attached hydrogen (secondary N) is 1. The zero-order valence-electron chi connectivity index (χ0n) is 15.8. The molecule has 2 aromatic carbocycles. The second kappa shape index (κ2) is 8.34. The first-order chi connectivity index (χ1) is 14.1. The predicted octanol–water partition coefficient (Wildman–Crippen LogP) is 3.05. The minimum absolute atomic E-state index is 0.106. The molecule has 0 radical (unpaired) electrons. The van der Waals surface area contributed by atoms with Gasteiger partial charge in [0.05, 0.1) is 22.8 Å². The lowest BCUT2D eigenvalue weighted by molar-refractivity contribution is 0.0679. The number of hydrogen-bond acceptors (Lipinski definition) is 4. The van der Waals surface area contributed by atoms with Crippen molar-refractivity contribution in [2.45, 2.75) is 12.8 Å². The van der Waals surface area contributed by atoms with Crippen molar-refractivity contribution in [2.24, 2.45) is 5.92 Å². The number of carbonyl (C=O) groups is 2. The average molecular weight is 392 g/mol. The lowest BCUT2D eigenvalue weighted by atomic mass is 9.96. The minimum Gasteiger partial charge on any atom is -0.350 e. The summed E-state index contributed by atoms with van der Waals surface area (Å²) >= 11 is 0. The third-order valence-corrected chi connectivity index (χ3v) is 5.24. The van der Waals surface area contributed by atoms with E-state index in [2.05, 4.69) is 15.3 Å². The summed E-state index contributed by atoms with van der Waals surface area (Å²) in [5, 5.41) is 2.91. The molecule has 1 N–H and O–H groups in total. The average Bonchev–Trinajstić information content (AvgIpc) is 2.77. The highest BCUT2D eigenvalue weighted by molar-refractivity contribution is 5.95. The Hall–Kier alpha value is -3.35. The topological polar surface area (TPSA) is 75.2 Å². The molecule has 2 heterocycles. The molecule has 1 fully saturated rings. The van der Waals surface area contributed by atoms with Crippen LogP contribution >= 0.6 is 0 Å². The maximum Gasteiger partial charge on any atom is 0.271 e. The Morgan fingerprint density at radius 2 is 1.72 bits per heavy atom. The minimum atomic E-state index is -0.497. The number of rotatable bonds is 4. The van der Waals surface area contributed by atoms with Crippen LogP contribution in [0.25, 0.3) is 11.0 Å². The van der Waals surface area contributed by atoms with Crippen LogP contribution in [0.3, 0.4) is 0 Å². The molecule has 1 aromatic heterocycles. The van der Waals surface area contributed by atoms with Gasteiger partial charge >= 0.3 is 0 Å². The molecule has 0 saturated carbocycles. The number of hydrogen-bond donors (Lipinski definition) is 1. The van der Waals surface area contributed by atoms with E-state index in [9.17, 15) is 14.0 Å². The molecule has 0 unspecified atom stereocenters. The van der Waals surface area contributed by atoms with Crippen LogP contribution in [-0.2, 0) is 0 Å². The molecule has 1 aliphatic rings. The molecular weight excluding hydrogens is 371 g/mol. The first-order valence-electron chi connectivity index (χ1n) is 9.65. The van der Waals surface area contributed by atoms with E-state index in [-0.39, 0.29) is 29.0 Å². The van der Waals surface area contributed by atoms with E-state index in [0.717, 1.165) is 18.4 Å². The van der Waals surface area contributed by atoms with Gasteiger partial charge in [-0.05, 0) is 43.0 Å². The fourth-order valence-electron chi connectivity index (χ4n) is 3.54. The van der Waals surface area contributed by atoms with E-state index < -0.39 is 5.82 Å². The van der Waals surface area contributed by atoms with Crippen molar-refractivity contribution in [2.75, 3.05) is 19.6 Å². The summed E-state index contributed by atoms with van der Waals surface area (Å²) in [7, 11) is 0. The fourth-order valence-corrected chi connectivity index (χ4v) is 3.54. The van der Waals surface area contributed by atoms with Gasteiger partial charge in [0, 0.05) is 19.6 Å². The van der Waals surface area contributed by atoms with E-state index >= 15 is 0 Å². The molecule has 4 rings (SSSR count). The predicted molar refractivity (Wildman–Crippen MR) is 107 cm³/mol. The van der Waals surface area contributed by atoms with Crippen LogP contribution in [0.1, 0.15) is 33.7 Å². The van der Waals surface area contributed by atoms with Gasteiger partial charge in [-0.15, -0.1) is 0 Å². The molecule has 1 aliphatic heterocycles. The number of nitrogens with zero attached hydrogens (tertiary/aromatic N) is 3. The van der Waals surface area contributed by atoms with E-state index in [0.29, 0.717) is 25.2 Å². The molecular formula is C22H21FN4O2. The number of halogens is 1. The van der Waals surface area contributed by atoms with Gasteiger partial charge in [-0.1, -0.05) is 24.3 Å². The number of benzene rings is 2. The second-order valence-corrected chi connectivity index (χ2v) is 7.17. The molecule has 7 heteroatoms. The zero-order valence-corrected chi connectivity index (χ0v) is 15.8. The van der Waals surface area contributed by atoms with Gasteiger partial charge in [0.15, 0.2) is 0 Å². The van der Waals surface area contributed by atoms with Crippen LogP contribution in [0.2, 0.25) is 0 Å². The highest BCUT2D eigenvalue weighted by Gasteiger charge is 2.25. The van der Waals surface area contributed by atoms with Crippen LogP contribution in [-0.4, -0.2) is 46.3 Å². The molecule has 0 spiro atoms. The van der Waals surface area contributed by atoms with Gasteiger partial charge in [-0.2, -0.15) is 0 Å². The van der Waals surface area contributed by atoms with Gasteiger partial charge in [-0.3, -0.25) is 14.6 Å². The summed E-state index contributed by atoms with van der Waals surface area (Å²) in [4.78, 5) is 35.2. The van der Waals surface area contributed by atoms with E-state index in [1.54, 1.807) is 17.0 Å². The van der Waals surface area contributed by atoms with E-state index in [1.165, 1.54) is 18.3 Å². The Kier molecular flexibility index (Phi) is 5.46. The Balaban J connectivity index is 1.30. The third kappa shape index (κ3) is 4.23. The standard InChI is InChI=1S/C22H21FN4O2/c23-17-6-2-1-5-16(17)22(29)27-11-9-15(10-12-27)13-25-21(28)20-14-24-18-7-3-4-8-19(18)26-20/h1-8,14-15H,9-13H2,(H,25,28). The van der Waals surface area contributed by atoms with Crippen LogP contribution in [0.15, 0.2) is 54.7 Å². The van der Waals surface area contributed by atoms with Gasteiger partial charge in [0.2, 0.25) is 0 Å². The van der Waals surface area contributed by atoms with Gasteiger partial charge in [-0.25, -0.2) is 9.37 Å². The summed E-state index contributed by atoms with van der Waals surface area (Å²) in [5.41, 5.74) is 1.82. The Morgan fingerprint density at radius 1 is 1.03 bits per heavy atom. The van der Waals surface area contributed by atoms with Crippen molar-refractivity contribution < 1.29 is 14.0 Å². The molecule has 0 aliphatic carbocycles. The first-order valence-corrected chi connectivity index (χ1v) is 9.65. The number of piperidine rings is 1.